The number of amides is 1. The van der Waals surface area contributed by atoms with Crippen molar-refractivity contribution in [2.24, 2.45) is 0 Å². The second-order valence-electron chi connectivity index (χ2n) is 7.83. The highest BCUT2D eigenvalue weighted by molar-refractivity contribution is 7.16. The Morgan fingerprint density at radius 3 is 2.42 bits per heavy atom. The Kier molecular flexibility index (Phi) is 5.95. The first-order valence-electron chi connectivity index (χ1n) is 10.5. The van der Waals surface area contributed by atoms with Crippen LogP contribution < -0.4 is 9.64 Å². The van der Waals surface area contributed by atoms with Gasteiger partial charge in [0.05, 0.1) is 23.9 Å². The van der Waals surface area contributed by atoms with Crippen LogP contribution in [0.5, 0.6) is 11.5 Å². The second kappa shape index (κ2) is 8.71. The van der Waals surface area contributed by atoms with E-state index in [1.165, 1.54) is 22.3 Å². The molecule has 1 atom stereocenters. The minimum Gasteiger partial charge on any atom is -0.507 e. The lowest BCUT2D eigenvalue weighted by molar-refractivity contribution is -0.132. The summed E-state index contributed by atoms with van der Waals surface area (Å²) in [6.07, 6.45) is 0. The van der Waals surface area contributed by atoms with Gasteiger partial charge in [0, 0.05) is 10.4 Å². The van der Waals surface area contributed by atoms with Crippen molar-refractivity contribution in [1.29, 1.82) is 0 Å². The SMILES string of the molecule is CCOc1cc(C2C(=C(O)c3ccc(C)cc3)C(=O)C(=O)N2c2nc(C)c(C)s2)ccc1O. The number of hydrogen-bond donors (Lipinski definition) is 2. The number of ether oxygens (including phenoxy) is 1. The topological polar surface area (TPSA) is 100.0 Å². The van der Waals surface area contributed by atoms with Crippen LogP contribution in [0, 0.1) is 20.8 Å². The van der Waals surface area contributed by atoms with Crippen molar-refractivity contribution in [3.8, 4) is 11.5 Å². The van der Waals surface area contributed by atoms with Gasteiger partial charge in [-0.1, -0.05) is 35.9 Å². The van der Waals surface area contributed by atoms with Gasteiger partial charge in [-0.15, -0.1) is 11.3 Å². The van der Waals surface area contributed by atoms with Gasteiger partial charge in [0.1, 0.15) is 5.76 Å². The molecule has 0 bridgehead atoms. The molecule has 0 radical (unpaired) electrons. The van der Waals surface area contributed by atoms with Gasteiger partial charge in [-0.3, -0.25) is 14.5 Å². The molecule has 1 amide bonds. The summed E-state index contributed by atoms with van der Waals surface area (Å²) in [5.41, 5.74) is 2.66. The number of aryl methyl sites for hydroxylation is 3. The molecular formula is C25H24N2O5S. The van der Waals surface area contributed by atoms with E-state index in [9.17, 15) is 19.8 Å². The standard InChI is InChI=1S/C25H24N2O5S/c1-5-32-19-12-17(10-11-18(19)28)21-20(22(29)16-8-6-13(2)7-9-16)23(30)24(31)27(21)25-26-14(3)15(4)33-25/h6-12,21,28-29H,5H2,1-4H3. The minimum absolute atomic E-state index is 0.0394. The van der Waals surface area contributed by atoms with E-state index in [1.807, 2.05) is 32.9 Å². The first-order valence-corrected chi connectivity index (χ1v) is 11.3. The van der Waals surface area contributed by atoms with E-state index < -0.39 is 17.7 Å². The van der Waals surface area contributed by atoms with Gasteiger partial charge in [-0.25, -0.2) is 4.98 Å². The molecule has 7 nitrogen and oxygen atoms in total. The summed E-state index contributed by atoms with van der Waals surface area (Å²) in [5.74, 6) is -1.67. The molecule has 33 heavy (non-hydrogen) atoms. The third-order valence-corrected chi connectivity index (χ3v) is 6.66. The van der Waals surface area contributed by atoms with Crippen LogP contribution in [0.3, 0.4) is 0 Å². The van der Waals surface area contributed by atoms with Crippen molar-refractivity contribution in [2.45, 2.75) is 33.7 Å². The number of nitrogens with zero attached hydrogens (tertiary/aromatic N) is 2. The first kappa shape index (κ1) is 22.5. The molecule has 2 aromatic carbocycles. The Bertz CT molecular complexity index is 1260. The van der Waals surface area contributed by atoms with Gasteiger partial charge in [-0.2, -0.15) is 0 Å². The lowest BCUT2D eigenvalue weighted by Crippen LogP contribution is -2.29. The Balaban J connectivity index is 1.96. The van der Waals surface area contributed by atoms with E-state index in [0.29, 0.717) is 22.9 Å². The molecule has 2 heterocycles. The molecule has 3 aromatic rings. The summed E-state index contributed by atoms with van der Waals surface area (Å²) in [7, 11) is 0. The number of carbonyl (C=O) groups is 2. The van der Waals surface area contributed by atoms with E-state index in [4.69, 9.17) is 4.74 Å². The van der Waals surface area contributed by atoms with Gasteiger partial charge >= 0.3 is 5.91 Å². The van der Waals surface area contributed by atoms with Gasteiger partial charge < -0.3 is 14.9 Å². The number of ketones is 1. The molecular weight excluding hydrogens is 440 g/mol. The largest absolute Gasteiger partial charge is 0.507 e. The van der Waals surface area contributed by atoms with E-state index in [2.05, 4.69) is 4.98 Å². The maximum atomic E-state index is 13.2. The number of benzene rings is 2. The molecule has 1 saturated heterocycles. The number of rotatable bonds is 5. The van der Waals surface area contributed by atoms with Crippen molar-refractivity contribution >= 4 is 33.9 Å². The number of aromatic hydroxyl groups is 1. The third kappa shape index (κ3) is 3.98. The number of carbonyl (C=O) groups excluding carboxylic acids is 2. The molecule has 1 unspecified atom stereocenters. The normalized spacial score (nSPS) is 17.6. The number of Topliss-reactive ketones (excluding diaryl/α,β-unsaturated/α-hetero) is 1. The van der Waals surface area contributed by atoms with Crippen LogP contribution in [0.15, 0.2) is 48.0 Å². The predicted molar refractivity (Wildman–Crippen MR) is 127 cm³/mol. The number of aliphatic hydroxyl groups excluding tert-OH is 1. The molecule has 0 saturated carbocycles. The monoisotopic (exact) mass is 464 g/mol. The average molecular weight is 465 g/mol. The Labute approximate surface area is 195 Å². The molecule has 2 N–H and O–H groups in total. The maximum Gasteiger partial charge on any atom is 0.301 e. The number of phenolic OH excluding ortho intramolecular Hbond substituents is 1. The number of hydrogen-bond acceptors (Lipinski definition) is 7. The predicted octanol–water partition coefficient (Wildman–Crippen LogP) is 4.80. The van der Waals surface area contributed by atoms with Gasteiger partial charge in [-0.05, 0) is 45.4 Å². The van der Waals surface area contributed by atoms with E-state index in [0.717, 1.165) is 16.1 Å². The summed E-state index contributed by atoms with van der Waals surface area (Å²) >= 11 is 1.30. The maximum absolute atomic E-state index is 13.2. The fourth-order valence-electron chi connectivity index (χ4n) is 3.74. The summed E-state index contributed by atoms with van der Waals surface area (Å²) in [6.45, 7) is 7.76. The van der Waals surface area contributed by atoms with Crippen molar-refractivity contribution in [1.82, 2.24) is 4.98 Å². The number of aliphatic hydroxyl groups is 1. The zero-order valence-electron chi connectivity index (χ0n) is 18.7. The van der Waals surface area contributed by atoms with Crippen LogP contribution >= 0.6 is 11.3 Å². The van der Waals surface area contributed by atoms with Gasteiger partial charge in [0.15, 0.2) is 16.6 Å². The highest BCUT2D eigenvalue weighted by atomic mass is 32.1. The summed E-state index contributed by atoms with van der Waals surface area (Å²) in [6, 6.07) is 10.8. The zero-order chi connectivity index (χ0) is 23.9. The molecule has 8 heteroatoms. The number of thiazole rings is 1. The van der Waals surface area contributed by atoms with Crippen LogP contribution in [0.25, 0.3) is 5.76 Å². The van der Waals surface area contributed by atoms with Crippen LogP contribution in [-0.2, 0) is 9.59 Å². The third-order valence-electron chi connectivity index (χ3n) is 5.59. The molecule has 0 spiro atoms. The van der Waals surface area contributed by atoms with E-state index in [-0.39, 0.29) is 22.8 Å². The Morgan fingerprint density at radius 2 is 1.82 bits per heavy atom. The molecule has 4 rings (SSSR count). The lowest BCUT2D eigenvalue weighted by Gasteiger charge is -2.23. The molecule has 1 aliphatic heterocycles. The molecule has 1 aromatic heterocycles. The number of anilines is 1. The highest BCUT2D eigenvalue weighted by Gasteiger charge is 2.48. The Hall–Kier alpha value is -3.65. The van der Waals surface area contributed by atoms with Crippen molar-refractivity contribution in [2.75, 3.05) is 11.5 Å². The van der Waals surface area contributed by atoms with Crippen LogP contribution in [0.1, 0.15) is 40.2 Å². The first-order chi connectivity index (χ1) is 15.7. The Morgan fingerprint density at radius 1 is 1.12 bits per heavy atom. The van der Waals surface area contributed by atoms with Crippen LogP contribution in [0.2, 0.25) is 0 Å². The smallest absolute Gasteiger partial charge is 0.301 e. The molecule has 1 fully saturated rings. The number of aromatic nitrogens is 1. The summed E-state index contributed by atoms with van der Waals surface area (Å²) < 4.78 is 5.52. The fourth-order valence-corrected chi connectivity index (χ4v) is 4.68. The van der Waals surface area contributed by atoms with Crippen molar-refractivity contribution in [3.05, 3.63) is 75.3 Å². The second-order valence-corrected chi connectivity index (χ2v) is 9.01. The molecule has 170 valence electrons. The molecule has 1 aliphatic rings. The molecule has 0 aliphatic carbocycles. The minimum atomic E-state index is -0.934. The zero-order valence-corrected chi connectivity index (χ0v) is 19.6. The summed E-state index contributed by atoms with van der Waals surface area (Å²) in [4.78, 5) is 33.1. The van der Waals surface area contributed by atoms with Crippen molar-refractivity contribution < 1.29 is 24.5 Å². The summed E-state index contributed by atoms with van der Waals surface area (Å²) in [5, 5.41) is 21.7. The van der Waals surface area contributed by atoms with Crippen LogP contribution in [-0.4, -0.2) is 33.5 Å². The van der Waals surface area contributed by atoms with Crippen LogP contribution in [0.4, 0.5) is 5.13 Å². The average Bonchev–Trinajstić information content (AvgIpc) is 3.25. The van der Waals surface area contributed by atoms with Gasteiger partial charge in [0.2, 0.25) is 0 Å². The fraction of sp³-hybridized carbons (Fsp3) is 0.240. The highest BCUT2D eigenvalue weighted by Crippen LogP contribution is 2.45. The quantitative estimate of drug-likeness (QED) is 0.320. The van der Waals surface area contributed by atoms with E-state index >= 15 is 0 Å². The van der Waals surface area contributed by atoms with Gasteiger partial charge in [0.25, 0.3) is 5.78 Å². The lowest BCUT2D eigenvalue weighted by atomic mass is 9.95. The van der Waals surface area contributed by atoms with E-state index in [1.54, 1.807) is 31.2 Å². The van der Waals surface area contributed by atoms with Crippen molar-refractivity contribution in [3.63, 3.8) is 0 Å². The number of phenols is 1.